The zero-order valence-corrected chi connectivity index (χ0v) is 33.7. The van der Waals surface area contributed by atoms with E-state index in [-0.39, 0.29) is 0 Å². The average Bonchev–Trinajstić information content (AvgIpc) is 3.89. The lowest BCUT2D eigenvalue weighted by molar-refractivity contribution is 0.669. The molecule has 2 aromatic heterocycles. The van der Waals surface area contributed by atoms with Crippen molar-refractivity contribution >= 4 is 21.9 Å². The van der Waals surface area contributed by atoms with Crippen molar-refractivity contribution in [3.05, 3.63) is 253 Å². The Kier molecular flexibility index (Phi) is 8.39. The highest BCUT2D eigenvalue weighted by molar-refractivity contribution is 6.18. The fourth-order valence-corrected chi connectivity index (χ4v) is 9.78. The lowest BCUT2D eigenvalue weighted by Gasteiger charge is -2.34. The maximum Gasteiger partial charge on any atom is 0.160 e. The van der Waals surface area contributed by atoms with Gasteiger partial charge in [-0.25, -0.2) is 9.97 Å². The molecule has 3 heteroatoms. The summed E-state index contributed by atoms with van der Waals surface area (Å²) in [7, 11) is 0. The van der Waals surface area contributed by atoms with Crippen LogP contribution < -0.4 is 0 Å². The minimum absolute atomic E-state index is 0.618. The summed E-state index contributed by atoms with van der Waals surface area (Å²) in [6.07, 6.45) is 0. The summed E-state index contributed by atoms with van der Waals surface area (Å²) >= 11 is 0. The highest BCUT2D eigenvalue weighted by Crippen LogP contribution is 2.60. The second-order valence-corrected chi connectivity index (χ2v) is 16.0. The van der Waals surface area contributed by atoms with E-state index in [4.69, 9.17) is 14.4 Å². The van der Waals surface area contributed by atoms with Gasteiger partial charge in [0.05, 0.1) is 16.8 Å². The second-order valence-electron chi connectivity index (χ2n) is 16.0. The van der Waals surface area contributed by atoms with Gasteiger partial charge in [-0.05, 0) is 74.3 Å². The van der Waals surface area contributed by atoms with Gasteiger partial charge in [-0.1, -0.05) is 206 Å². The van der Waals surface area contributed by atoms with Gasteiger partial charge >= 0.3 is 0 Å². The van der Waals surface area contributed by atoms with E-state index in [2.05, 4.69) is 206 Å². The van der Waals surface area contributed by atoms with Gasteiger partial charge < -0.3 is 4.42 Å². The second kappa shape index (κ2) is 14.5. The summed E-state index contributed by atoms with van der Waals surface area (Å²) in [5.74, 6) is 0.698. The van der Waals surface area contributed by atoms with Crippen LogP contribution in [0.2, 0.25) is 0 Å². The Morgan fingerprint density at radius 3 is 1.48 bits per heavy atom. The molecule has 0 saturated carbocycles. The molecule has 0 unspecified atom stereocenters. The van der Waals surface area contributed by atoms with Gasteiger partial charge in [-0.15, -0.1) is 0 Å². The molecule has 0 atom stereocenters. The number of fused-ring (bicyclic) bond motifs is 7. The average molecular weight is 791 g/mol. The standard InChI is InChI=1S/C59H38N2O/c1-6-18-39(19-7-1)44-34-35-50-49(36-44)56-51(59(50,45-24-12-4-13-25-45)46-26-14-5-15-27-46)37-48(55-47-28-16-17-29-54(47)62-57(55)56)40-30-32-42(33-31-40)53-38-52(41-20-8-2-9-21-41)60-58(61-53)43-22-10-3-11-23-43/h1-38H. The van der Waals surface area contributed by atoms with Crippen molar-refractivity contribution in [3.63, 3.8) is 0 Å². The third-order valence-electron chi connectivity index (χ3n) is 12.6. The molecule has 0 saturated heterocycles. The zero-order valence-electron chi connectivity index (χ0n) is 33.7. The molecular weight excluding hydrogens is 753 g/mol. The largest absolute Gasteiger partial charge is 0.455 e. The van der Waals surface area contributed by atoms with Crippen LogP contribution in [-0.2, 0) is 5.41 Å². The van der Waals surface area contributed by atoms with E-state index >= 15 is 0 Å². The van der Waals surface area contributed by atoms with E-state index in [9.17, 15) is 0 Å². The molecule has 0 aliphatic heterocycles. The number of hydrogen-bond acceptors (Lipinski definition) is 3. The van der Waals surface area contributed by atoms with Crippen LogP contribution in [0.25, 0.3) is 89.2 Å². The number of aromatic nitrogens is 2. The molecule has 2 heterocycles. The van der Waals surface area contributed by atoms with Gasteiger partial charge in [-0.3, -0.25) is 0 Å². The molecular formula is C59H38N2O. The van der Waals surface area contributed by atoms with Gasteiger partial charge in [0.2, 0.25) is 0 Å². The third-order valence-corrected chi connectivity index (χ3v) is 12.6. The van der Waals surface area contributed by atoms with Gasteiger partial charge in [-0.2, -0.15) is 0 Å². The van der Waals surface area contributed by atoms with Gasteiger partial charge in [0, 0.05) is 33.0 Å². The van der Waals surface area contributed by atoms with Crippen molar-refractivity contribution in [1.82, 2.24) is 9.97 Å². The number of benzene rings is 9. The Labute approximate surface area is 360 Å². The van der Waals surface area contributed by atoms with E-state index in [0.717, 1.165) is 66.7 Å². The first-order valence-corrected chi connectivity index (χ1v) is 21.1. The Bertz CT molecular complexity index is 3320. The third kappa shape index (κ3) is 5.67. The Morgan fingerprint density at radius 2 is 0.855 bits per heavy atom. The quantitative estimate of drug-likeness (QED) is 0.161. The Hall–Kier alpha value is -8.14. The Balaban J connectivity index is 1.12. The Morgan fingerprint density at radius 1 is 0.355 bits per heavy atom. The maximum absolute atomic E-state index is 7.11. The molecule has 0 spiro atoms. The summed E-state index contributed by atoms with van der Waals surface area (Å²) in [6, 6.07) is 82.2. The molecule has 0 bridgehead atoms. The smallest absolute Gasteiger partial charge is 0.160 e. The predicted molar refractivity (Wildman–Crippen MR) is 254 cm³/mol. The number of furan rings is 1. The van der Waals surface area contributed by atoms with E-state index < -0.39 is 5.41 Å². The van der Waals surface area contributed by atoms with Crippen LogP contribution in [0.4, 0.5) is 0 Å². The lowest BCUT2D eigenvalue weighted by Crippen LogP contribution is -2.28. The van der Waals surface area contributed by atoms with Crippen molar-refractivity contribution in [2.45, 2.75) is 5.41 Å². The molecule has 1 aliphatic carbocycles. The molecule has 290 valence electrons. The summed E-state index contributed by atoms with van der Waals surface area (Å²) in [5, 5.41) is 2.21. The highest BCUT2D eigenvalue weighted by Gasteiger charge is 2.48. The number of para-hydroxylation sites is 1. The summed E-state index contributed by atoms with van der Waals surface area (Å²) in [5.41, 5.74) is 17.7. The van der Waals surface area contributed by atoms with E-state index in [1.807, 2.05) is 24.3 Å². The van der Waals surface area contributed by atoms with E-state index in [1.165, 1.54) is 38.9 Å². The van der Waals surface area contributed by atoms with Crippen molar-refractivity contribution in [1.29, 1.82) is 0 Å². The van der Waals surface area contributed by atoms with Crippen LogP contribution in [0.5, 0.6) is 0 Å². The minimum atomic E-state index is -0.618. The molecule has 3 nitrogen and oxygen atoms in total. The summed E-state index contributed by atoms with van der Waals surface area (Å²) in [6.45, 7) is 0. The SMILES string of the molecule is c1ccc(-c2ccc3c(c2)-c2c(cc(-c4ccc(-c5cc(-c6ccccc6)nc(-c6ccccc6)n5)cc4)c4c2oc2ccccc24)C3(c2ccccc2)c2ccccc2)cc1. The molecule has 62 heavy (non-hydrogen) atoms. The molecule has 0 radical (unpaired) electrons. The fraction of sp³-hybridized carbons (Fsp3) is 0.0169. The maximum atomic E-state index is 7.11. The lowest BCUT2D eigenvalue weighted by atomic mass is 9.67. The van der Waals surface area contributed by atoms with Crippen LogP contribution in [0.3, 0.4) is 0 Å². The van der Waals surface area contributed by atoms with Crippen LogP contribution in [0.15, 0.2) is 235 Å². The molecule has 0 fully saturated rings. The topological polar surface area (TPSA) is 38.9 Å². The first kappa shape index (κ1) is 35.8. The van der Waals surface area contributed by atoms with Gasteiger partial charge in [0.15, 0.2) is 5.82 Å². The monoisotopic (exact) mass is 790 g/mol. The van der Waals surface area contributed by atoms with Crippen molar-refractivity contribution in [2.24, 2.45) is 0 Å². The zero-order chi connectivity index (χ0) is 41.0. The number of nitrogens with zero attached hydrogens (tertiary/aromatic N) is 2. The molecule has 9 aromatic carbocycles. The molecule has 12 rings (SSSR count). The van der Waals surface area contributed by atoms with E-state index in [1.54, 1.807) is 0 Å². The molecule has 0 amide bonds. The normalized spacial score (nSPS) is 12.6. The number of rotatable bonds is 7. The highest BCUT2D eigenvalue weighted by atomic mass is 16.3. The van der Waals surface area contributed by atoms with Crippen LogP contribution in [-0.4, -0.2) is 9.97 Å². The van der Waals surface area contributed by atoms with E-state index in [0.29, 0.717) is 5.82 Å². The molecule has 0 N–H and O–H groups in total. The van der Waals surface area contributed by atoms with Gasteiger partial charge in [0.25, 0.3) is 0 Å². The van der Waals surface area contributed by atoms with Gasteiger partial charge in [0.1, 0.15) is 11.2 Å². The summed E-state index contributed by atoms with van der Waals surface area (Å²) in [4.78, 5) is 10.2. The first-order chi connectivity index (χ1) is 30.7. The predicted octanol–water partition coefficient (Wildman–Crippen LogP) is 15.1. The van der Waals surface area contributed by atoms with Crippen LogP contribution in [0, 0.1) is 0 Å². The van der Waals surface area contributed by atoms with Crippen molar-refractivity contribution in [2.75, 3.05) is 0 Å². The first-order valence-electron chi connectivity index (χ1n) is 21.1. The van der Waals surface area contributed by atoms with Crippen molar-refractivity contribution in [3.8, 4) is 67.3 Å². The van der Waals surface area contributed by atoms with Crippen molar-refractivity contribution < 1.29 is 4.42 Å². The summed E-state index contributed by atoms with van der Waals surface area (Å²) < 4.78 is 7.11. The van der Waals surface area contributed by atoms with Crippen LogP contribution in [0.1, 0.15) is 22.3 Å². The van der Waals surface area contributed by atoms with Crippen LogP contribution >= 0.6 is 0 Å². The minimum Gasteiger partial charge on any atom is -0.455 e. The molecule has 1 aliphatic rings. The fourth-order valence-electron chi connectivity index (χ4n) is 9.78. The molecule has 11 aromatic rings. The number of hydrogen-bond donors (Lipinski definition) is 0.